The third-order valence-corrected chi connectivity index (χ3v) is 14.8. The van der Waals surface area contributed by atoms with Gasteiger partial charge in [-0.15, -0.1) is 0 Å². The number of benzene rings is 1. The molecule has 1 aromatic carbocycles. The quantitative estimate of drug-likeness (QED) is 0.216. The summed E-state index contributed by atoms with van der Waals surface area (Å²) in [4.78, 5) is 15.4. The van der Waals surface area contributed by atoms with Gasteiger partial charge in [0, 0.05) is 30.1 Å². The molecule has 1 heterocycles. The Kier molecular flexibility index (Phi) is 9.93. The number of fused-ring (bicyclic) bond motifs is 6. The van der Waals surface area contributed by atoms with Gasteiger partial charge in [-0.3, -0.25) is 4.79 Å². The number of esters is 1. The zero-order valence-corrected chi connectivity index (χ0v) is 30.0. The van der Waals surface area contributed by atoms with Crippen molar-refractivity contribution in [1.29, 1.82) is 0 Å². The maximum Gasteiger partial charge on any atom is 0.302 e. The van der Waals surface area contributed by atoms with Crippen LogP contribution in [-0.2, 0) is 16.0 Å². The standard InChI is InChI=1S/C41H64N2O3/c1-8-28(25(2)3)10-9-26(4)34-12-13-35-33-23-39(42-20-17-29-24-43-38-14-11-30(45)21-32(29)38)37-22-31(46-27(5)44)15-18-41(37,7)36(33)16-19-40(34,35)6/h11,14,21,24-26,28,31,33-37,39,42-43,45H,8-10,12-13,15-20,22-23H2,1-7H3/t26-,28?,31+,33+,34-,35+,36+,37-,39-,40-,41-/m1/s1. The summed E-state index contributed by atoms with van der Waals surface area (Å²) >= 11 is 0. The predicted molar refractivity (Wildman–Crippen MR) is 189 cm³/mol. The first-order valence-corrected chi connectivity index (χ1v) is 19.1. The van der Waals surface area contributed by atoms with E-state index < -0.39 is 0 Å². The number of hydrogen-bond donors (Lipinski definition) is 3. The average Bonchev–Trinajstić information content (AvgIpc) is 3.57. The van der Waals surface area contributed by atoms with Gasteiger partial charge < -0.3 is 20.1 Å². The van der Waals surface area contributed by atoms with E-state index in [1.165, 1.54) is 63.4 Å². The summed E-state index contributed by atoms with van der Waals surface area (Å²) in [5, 5.41) is 15.4. The van der Waals surface area contributed by atoms with E-state index >= 15 is 0 Å². The Morgan fingerprint density at radius 2 is 1.78 bits per heavy atom. The summed E-state index contributed by atoms with van der Waals surface area (Å²) in [6.45, 7) is 17.7. The number of ether oxygens (including phenoxy) is 1. The minimum atomic E-state index is -0.132. The van der Waals surface area contributed by atoms with Crippen molar-refractivity contribution in [2.24, 2.45) is 58.2 Å². The first kappa shape index (κ1) is 33.9. The topological polar surface area (TPSA) is 74.3 Å². The Balaban J connectivity index is 1.20. The van der Waals surface area contributed by atoms with E-state index in [0.717, 1.165) is 78.1 Å². The maximum absolute atomic E-state index is 12.0. The van der Waals surface area contributed by atoms with Crippen LogP contribution in [0.3, 0.4) is 0 Å². The molecule has 0 spiro atoms. The van der Waals surface area contributed by atoms with Crippen molar-refractivity contribution in [2.75, 3.05) is 6.54 Å². The largest absolute Gasteiger partial charge is 0.508 e. The lowest BCUT2D eigenvalue weighted by atomic mass is 9.43. The van der Waals surface area contributed by atoms with Crippen molar-refractivity contribution < 1.29 is 14.6 Å². The zero-order valence-electron chi connectivity index (χ0n) is 30.0. The number of carbonyl (C=O) groups is 1. The van der Waals surface area contributed by atoms with Crippen molar-refractivity contribution in [3.05, 3.63) is 30.0 Å². The van der Waals surface area contributed by atoms with Gasteiger partial charge in [0.15, 0.2) is 0 Å². The molecule has 11 atom stereocenters. The van der Waals surface area contributed by atoms with Crippen LogP contribution in [0.15, 0.2) is 24.4 Å². The van der Waals surface area contributed by atoms with Crippen molar-refractivity contribution in [2.45, 2.75) is 138 Å². The molecule has 3 N–H and O–H groups in total. The fraction of sp³-hybridized carbons (Fsp3) is 0.780. The van der Waals surface area contributed by atoms with Gasteiger partial charge in [0.1, 0.15) is 11.9 Å². The monoisotopic (exact) mass is 632 g/mol. The molecule has 256 valence electrons. The van der Waals surface area contributed by atoms with E-state index in [9.17, 15) is 9.90 Å². The third kappa shape index (κ3) is 6.28. The highest BCUT2D eigenvalue weighted by atomic mass is 16.5. The summed E-state index contributed by atoms with van der Waals surface area (Å²) in [6, 6.07) is 6.05. The highest BCUT2D eigenvalue weighted by Crippen LogP contribution is 2.68. The van der Waals surface area contributed by atoms with Gasteiger partial charge in [-0.05, 0) is 153 Å². The van der Waals surface area contributed by atoms with Gasteiger partial charge >= 0.3 is 5.97 Å². The molecule has 0 bridgehead atoms. The molecule has 0 aliphatic heterocycles. The Morgan fingerprint density at radius 1 is 1.02 bits per heavy atom. The SMILES string of the molecule is CCC(CC[C@@H](C)[C@H]1CC[C@H]2[C@@H]3C[C@@H](NCCc4c[nH]c5ccc(O)cc45)[C@H]4C[C@@H](OC(C)=O)CC[C@]4(C)[C@H]3CC[C@]12C)C(C)C. The molecule has 4 fully saturated rings. The van der Waals surface area contributed by atoms with Crippen LogP contribution in [0.5, 0.6) is 5.75 Å². The van der Waals surface area contributed by atoms with Crippen LogP contribution >= 0.6 is 0 Å². The van der Waals surface area contributed by atoms with Gasteiger partial charge in [-0.1, -0.05) is 54.4 Å². The smallest absolute Gasteiger partial charge is 0.302 e. The Morgan fingerprint density at radius 3 is 2.52 bits per heavy atom. The van der Waals surface area contributed by atoms with Crippen LogP contribution in [0.4, 0.5) is 0 Å². The molecular weight excluding hydrogens is 568 g/mol. The van der Waals surface area contributed by atoms with Crippen molar-refractivity contribution >= 4 is 16.9 Å². The van der Waals surface area contributed by atoms with Gasteiger partial charge in [0.2, 0.25) is 0 Å². The van der Waals surface area contributed by atoms with Gasteiger partial charge in [-0.25, -0.2) is 0 Å². The number of aromatic nitrogens is 1. The van der Waals surface area contributed by atoms with Crippen LogP contribution in [0, 0.1) is 58.2 Å². The second-order valence-electron chi connectivity index (χ2n) is 17.3. The number of phenolic OH excluding ortho intramolecular Hbond substituents is 1. The molecule has 5 heteroatoms. The number of aromatic amines is 1. The number of phenols is 1. The molecule has 4 aliphatic rings. The van der Waals surface area contributed by atoms with Crippen LogP contribution in [0.1, 0.15) is 125 Å². The Hall–Kier alpha value is -2.01. The number of H-pyrrole nitrogens is 1. The molecule has 1 unspecified atom stereocenters. The van der Waals surface area contributed by atoms with Crippen LogP contribution in [-0.4, -0.2) is 34.8 Å². The predicted octanol–water partition coefficient (Wildman–Crippen LogP) is 9.67. The van der Waals surface area contributed by atoms with Crippen LogP contribution in [0.2, 0.25) is 0 Å². The minimum Gasteiger partial charge on any atom is -0.508 e. The minimum absolute atomic E-state index is 0.0522. The third-order valence-electron chi connectivity index (χ3n) is 14.8. The Bertz CT molecular complexity index is 1350. The summed E-state index contributed by atoms with van der Waals surface area (Å²) in [7, 11) is 0. The molecule has 4 aliphatic carbocycles. The molecule has 46 heavy (non-hydrogen) atoms. The average molecular weight is 633 g/mol. The number of aromatic hydroxyl groups is 1. The lowest BCUT2D eigenvalue weighted by molar-refractivity contribution is -0.164. The summed E-state index contributed by atoms with van der Waals surface area (Å²) in [5.41, 5.74) is 3.10. The Labute approximate surface area is 279 Å². The first-order valence-electron chi connectivity index (χ1n) is 19.1. The molecule has 0 radical (unpaired) electrons. The number of hydrogen-bond acceptors (Lipinski definition) is 4. The first-order chi connectivity index (χ1) is 21.9. The highest BCUT2D eigenvalue weighted by Gasteiger charge is 2.62. The summed E-state index contributed by atoms with van der Waals surface area (Å²) in [5.74, 6) is 6.44. The fourth-order valence-electron chi connectivity index (χ4n) is 12.3. The van der Waals surface area contributed by atoms with E-state index in [1.54, 1.807) is 13.0 Å². The molecule has 5 nitrogen and oxygen atoms in total. The van der Waals surface area contributed by atoms with Crippen molar-refractivity contribution in [3.8, 4) is 5.75 Å². The maximum atomic E-state index is 12.0. The number of carbonyl (C=O) groups excluding carboxylic acids is 1. The lowest BCUT2D eigenvalue weighted by Crippen LogP contribution is -2.61. The fourth-order valence-corrected chi connectivity index (χ4v) is 12.3. The zero-order chi connectivity index (χ0) is 32.8. The molecule has 1 aromatic heterocycles. The molecule has 0 saturated heterocycles. The molecule has 2 aromatic rings. The number of rotatable bonds is 11. The van der Waals surface area contributed by atoms with E-state index in [4.69, 9.17) is 4.74 Å². The van der Waals surface area contributed by atoms with E-state index in [-0.39, 0.29) is 12.1 Å². The van der Waals surface area contributed by atoms with Crippen molar-refractivity contribution in [1.82, 2.24) is 10.3 Å². The lowest BCUT2D eigenvalue weighted by Gasteiger charge is -2.63. The number of nitrogens with one attached hydrogen (secondary N) is 2. The summed E-state index contributed by atoms with van der Waals surface area (Å²) in [6.07, 6.45) is 17.2. The molecule has 6 rings (SSSR count). The normalized spacial score (nSPS) is 37.0. The van der Waals surface area contributed by atoms with E-state index in [1.807, 2.05) is 12.1 Å². The van der Waals surface area contributed by atoms with Crippen molar-refractivity contribution in [3.63, 3.8) is 0 Å². The highest BCUT2D eigenvalue weighted by molar-refractivity contribution is 5.84. The van der Waals surface area contributed by atoms with Gasteiger partial charge in [0.05, 0.1) is 0 Å². The van der Waals surface area contributed by atoms with Crippen LogP contribution < -0.4 is 5.32 Å². The van der Waals surface area contributed by atoms with Gasteiger partial charge in [0.25, 0.3) is 0 Å². The second kappa shape index (κ2) is 13.5. The molecular formula is C41H64N2O3. The summed E-state index contributed by atoms with van der Waals surface area (Å²) < 4.78 is 5.89. The van der Waals surface area contributed by atoms with E-state index in [2.05, 4.69) is 58.0 Å². The second-order valence-corrected chi connectivity index (χ2v) is 17.3. The molecule has 4 saturated carbocycles. The van der Waals surface area contributed by atoms with E-state index in [0.29, 0.717) is 28.5 Å². The van der Waals surface area contributed by atoms with Gasteiger partial charge in [-0.2, -0.15) is 0 Å². The van der Waals surface area contributed by atoms with Crippen LogP contribution in [0.25, 0.3) is 10.9 Å². The molecule has 0 amide bonds.